The summed E-state index contributed by atoms with van der Waals surface area (Å²) in [5.41, 5.74) is 5.92. The number of aliphatic hydroxyl groups excluding tert-OH is 1. The first-order valence-electron chi connectivity index (χ1n) is 18.0. The van der Waals surface area contributed by atoms with Gasteiger partial charge in [-0.3, -0.25) is 14.4 Å². The third-order valence-corrected chi connectivity index (χ3v) is 11.6. The second-order valence-corrected chi connectivity index (χ2v) is 14.8. The van der Waals surface area contributed by atoms with Crippen molar-refractivity contribution in [3.8, 4) is 0 Å². The number of aromatic amines is 1. The Balaban J connectivity index is 1.46. The predicted molar refractivity (Wildman–Crippen MR) is 188 cm³/mol. The molecule has 0 bridgehead atoms. The smallest absolute Gasteiger partial charge is 0.253 e. The van der Waals surface area contributed by atoms with E-state index in [0.717, 1.165) is 79.6 Å². The molecule has 1 aromatic carbocycles. The molecule has 2 aromatic rings. The van der Waals surface area contributed by atoms with E-state index in [9.17, 15) is 19.5 Å². The summed E-state index contributed by atoms with van der Waals surface area (Å²) >= 11 is 0. The monoisotopic (exact) mass is 647 g/mol. The molecule has 258 valence electrons. The number of carbonyl (C=O) groups excluding carboxylic acids is 2. The number of nitrogens with one attached hydrogen (secondary N) is 4. The van der Waals surface area contributed by atoms with Gasteiger partial charge in [0, 0.05) is 67.7 Å². The van der Waals surface area contributed by atoms with Crippen molar-refractivity contribution in [3.05, 3.63) is 62.1 Å². The van der Waals surface area contributed by atoms with Crippen LogP contribution >= 0.6 is 0 Å². The lowest BCUT2D eigenvalue weighted by atomic mass is 9.63. The molecule has 3 fully saturated rings. The Morgan fingerprint density at radius 2 is 1.68 bits per heavy atom. The van der Waals surface area contributed by atoms with Gasteiger partial charge in [0.1, 0.15) is 0 Å². The molecule has 2 aliphatic carbocycles. The summed E-state index contributed by atoms with van der Waals surface area (Å²) in [7, 11) is 2.14. The molecular weight excluding hydrogens is 590 g/mol. The highest BCUT2D eigenvalue weighted by Gasteiger charge is 2.43. The van der Waals surface area contributed by atoms with Crippen LogP contribution in [0.4, 0.5) is 5.69 Å². The Kier molecular flexibility index (Phi) is 11.5. The Hall–Kier alpha value is -3.17. The van der Waals surface area contributed by atoms with Crippen molar-refractivity contribution < 1.29 is 14.7 Å². The third kappa shape index (κ3) is 8.11. The number of benzene rings is 1. The molecule has 1 spiro atoms. The molecule has 2 unspecified atom stereocenters. The standard InChI is InChI=1S/C38H57N5O4/c1-24-17-25(2)41-37(47)33(24)22-40-36(46)32-18-28(29-20-38(35(23-44)39-21-29)15-9-7-6-8-10-16-38)19-34(26(32)3)43(5)31-13-11-30(12-14-31)42-27(4)45/h17-19,29-31,35,39,44H,6-16,20-23H2,1-5H3,(H,40,46)(H,41,47)(H,42,45). The maximum absolute atomic E-state index is 14.0. The minimum absolute atomic E-state index is 0.0235. The first-order chi connectivity index (χ1) is 22.5. The lowest BCUT2D eigenvalue weighted by molar-refractivity contribution is -0.119. The Labute approximate surface area is 280 Å². The number of hydrogen-bond acceptors (Lipinski definition) is 6. The van der Waals surface area contributed by atoms with E-state index < -0.39 is 0 Å². The molecule has 3 aliphatic rings. The van der Waals surface area contributed by atoms with E-state index in [2.05, 4.69) is 45.0 Å². The summed E-state index contributed by atoms with van der Waals surface area (Å²) < 4.78 is 0. The number of rotatable bonds is 8. The van der Waals surface area contributed by atoms with Gasteiger partial charge in [-0.1, -0.05) is 32.1 Å². The number of nitrogens with zero attached hydrogens (tertiary/aromatic N) is 1. The Morgan fingerprint density at radius 3 is 2.32 bits per heavy atom. The van der Waals surface area contributed by atoms with E-state index in [1.807, 2.05) is 26.8 Å². The van der Waals surface area contributed by atoms with Crippen molar-refractivity contribution in [2.75, 3.05) is 25.1 Å². The molecule has 2 amide bonds. The number of carbonyl (C=O) groups is 2. The summed E-state index contributed by atoms with van der Waals surface area (Å²) in [6.45, 7) is 8.47. The summed E-state index contributed by atoms with van der Waals surface area (Å²) in [5.74, 6) is 0.0649. The number of aryl methyl sites for hydroxylation is 2. The van der Waals surface area contributed by atoms with Crippen molar-refractivity contribution in [1.82, 2.24) is 20.9 Å². The number of hydrogen-bond donors (Lipinski definition) is 5. The second-order valence-electron chi connectivity index (χ2n) is 14.8. The Morgan fingerprint density at radius 1 is 1.00 bits per heavy atom. The molecule has 5 N–H and O–H groups in total. The van der Waals surface area contributed by atoms with Gasteiger partial charge in [-0.25, -0.2) is 0 Å². The molecule has 9 nitrogen and oxygen atoms in total. The fraction of sp³-hybridized carbons (Fsp3) is 0.658. The predicted octanol–water partition coefficient (Wildman–Crippen LogP) is 5.28. The van der Waals surface area contributed by atoms with Crippen LogP contribution in [0.25, 0.3) is 0 Å². The van der Waals surface area contributed by atoms with Crippen LogP contribution < -0.4 is 26.4 Å². The fourth-order valence-corrected chi connectivity index (χ4v) is 8.88. The van der Waals surface area contributed by atoms with Gasteiger partial charge in [0.2, 0.25) is 5.91 Å². The number of piperidine rings is 1. The van der Waals surface area contributed by atoms with Gasteiger partial charge < -0.3 is 30.9 Å². The largest absolute Gasteiger partial charge is 0.395 e. The fourth-order valence-electron chi connectivity index (χ4n) is 8.88. The van der Waals surface area contributed by atoms with E-state index in [0.29, 0.717) is 17.2 Å². The van der Waals surface area contributed by atoms with Gasteiger partial charge in [0.15, 0.2) is 0 Å². The van der Waals surface area contributed by atoms with Crippen molar-refractivity contribution in [2.45, 2.75) is 135 Å². The molecule has 0 radical (unpaired) electrons. The molecule has 5 rings (SSSR count). The van der Waals surface area contributed by atoms with Crippen molar-refractivity contribution in [1.29, 1.82) is 0 Å². The maximum atomic E-state index is 14.0. The van der Waals surface area contributed by atoms with Gasteiger partial charge in [-0.05, 0) is 112 Å². The summed E-state index contributed by atoms with van der Waals surface area (Å²) in [6.07, 6.45) is 13.2. The molecule has 2 saturated carbocycles. The highest BCUT2D eigenvalue weighted by molar-refractivity contribution is 5.97. The van der Waals surface area contributed by atoms with E-state index in [1.54, 1.807) is 6.92 Å². The molecule has 47 heavy (non-hydrogen) atoms. The van der Waals surface area contributed by atoms with E-state index in [4.69, 9.17) is 0 Å². The van der Waals surface area contributed by atoms with Crippen LogP contribution in [0.2, 0.25) is 0 Å². The number of pyridine rings is 1. The van der Waals surface area contributed by atoms with Gasteiger partial charge in [-0.2, -0.15) is 0 Å². The minimum atomic E-state index is -0.176. The highest BCUT2D eigenvalue weighted by Crippen LogP contribution is 2.48. The lowest BCUT2D eigenvalue weighted by Gasteiger charge is -2.48. The zero-order chi connectivity index (χ0) is 33.7. The van der Waals surface area contributed by atoms with Gasteiger partial charge >= 0.3 is 0 Å². The molecule has 9 heteroatoms. The lowest BCUT2D eigenvalue weighted by Crippen LogP contribution is -2.54. The molecule has 2 heterocycles. The average molecular weight is 648 g/mol. The van der Waals surface area contributed by atoms with Gasteiger partial charge in [0.25, 0.3) is 11.5 Å². The van der Waals surface area contributed by atoms with Crippen LogP contribution in [0.15, 0.2) is 23.0 Å². The zero-order valence-corrected chi connectivity index (χ0v) is 29.3. The normalized spacial score (nSPS) is 24.6. The number of aliphatic hydroxyl groups is 1. The summed E-state index contributed by atoms with van der Waals surface area (Å²) in [4.78, 5) is 43.6. The van der Waals surface area contributed by atoms with Crippen LogP contribution in [0.1, 0.15) is 128 Å². The second kappa shape index (κ2) is 15.4. The molecular formula is C38H57N5O4. The van der Waals surface area contributed by atoms with E-state index in [-0.39, 0.29) is 53.9 Å². The van der Waals surface area contributed by atoms with E-state index in [1.165, 1.54) is 32.1 Å². The molecule has 1 saturated heterocycles. The molecule has 1 aliphatic heterocycles. The number of amides is 2. The van der Waals surface area contributed by atoms with Crippen molar-refractivity contribution >= 4 is 17.5 Å². The highest BCUT2D eigenvalue weighted by atomic mass is 16.3. The van der Waals surface area contributed by atoms with Gasteiger partial charge in [-0.15, -0.1) is 0 Å². The van der Waals surface area contributed by atoms with Crippen LogP contribution in [-0.2, 0) is 11.3 Å². The van der Waals surface area contributed by atoms with Crippen LogP contribution in [0.5, 0.6) is 0 Å². The quantitative estimate of drug-likeness (QED) is 0.265. The summed E-state index contributed by atoms with van der Waals surface area (Å²) in [6, 6.07) is 6.95. The summed E-state index contributed by atoms with van der Waals surface area (Å²) in [5, 5.41) is 20.4. The SMILES string of the molecule is CC(=O)NC1CCC(N(C)c2cc(C3CNC(CO)C4(CCCCCCC4)C3)cc(C(=O)NCc3c(C)cc(C)[nH]c3=O)c2C)CC1. The average Bonchev–Trinajstić information content (AvgIpc) is 3.02. The molecule has 2 atom stereocenters. The number of anilines is 1. The first-order valence-corrected chi connectivity index (χ1v) is 18.0. The molecule has 1 aromatic heterocycles. The first kappa shape index (κ1) is 35.1. The van der Waals surface area contributed by atoms with E-state index >= 15 is 0 Å². The van der Waals surface area contributed by atoms with Crippen LogP contribution in [0.3, 0.4) is 0 Å². The zero-order valence-electron chi connectivity index (χ0n) is 29.3. The van der Waals surface area contributed by atoms with Gasteiger partial charge in [0.05, 0.1) is 6.61 Å². The van der Waals surface area contributed by atoms with Crippen molar-refractivity contribution in [3.63, 3.8) is 0 Å². The maximum Gasteiger partial charge on any atom is 0.253 e. The minimum Gasteiger partial charge on any atom is -0.395 e. The number of aromatic nitrogens is 1. The van der Waals surface area contributed by atoms with Crippen LogP contribution in [0, 0.1) is 26.2 Å². The third-order valence-electron chi connectivity index (χ3n) is 11.6. The van der Waals surface area contributed by atoms with Crippen LogP contribution in [-0.4, -0.2) is 60.2 Å². The van der Waals surface area contributed by atoms with Crippen molar-refractivity contribution in [2.24, 2.45) is 5.41 Å². The Bertz CT molecular complexity index is 1470. The topological polar surface area (TPSA) is 127 Å². The number of H-pyrrole nitrogens is 1.